The highest BCUT2D eigenvalue weighted by molar-refractivity contribution is 5.99. The molecule has 1 aliphatic heterocycles. The summed E-state index contributed by atoms with van der Waals surface area (Å²) < 4.78 is 38.4. The van der Waals surface area contributed by atoms with Crippen molar-refractivity contribution in [2.45, 2.75) is 33.6 Å². The van der Waals surface area contributed by atoms with Crippen LogP contribution in [0.4, 0.5) is 4.39 Å². The second kappa shape index (κ2) is 10.5. The number of para-hydroxylation sites is 1. The molecule has 0 radical (unpaired) electrons. The molecule has 6 rings (SSSR count). The molecule has 9 nitrogen and oxygen atoms in total. The summed E-state index contributed by atoms with van der Waals surface area (Å²) in [6, 6.07) is 16.5. The predicted molar refractivity (Wildman–Crippen MR) is 147 cm³/mol. The van der Waals surface area contributed by atoms with Crippen LogP contribution in [0.3, 0.4) is 0 Å². The number of nitrogens with zero attached hydrogens (tertiary/aromatic N) is 3. The van der Waals surface area contributed by atoms with Crippen LogP contribution < -0.4 is 15.2 Å². The average Bonchev–Trinajstić information content (AvgIpc) is 3.49. The Labute approximate surface area is 228 Å². The maximum Gasteiger partial charge on any atom is 0.439 e. The largest absolute Gasteiger partial charge is 0.492 e. The Hall–Kier alpha value is -4.70. The van der Waals surface area contributed by atoms with Gasteiger partial charge in [0.25, 0.3) is 0 Å². The summed E-state index contributed by atoms with van der Waals surface area (Å²) in [7, 11) is 1.64. The first-order valence-electron chi connectivity index (χ1n) is 12.9. The van der Waals surface area contributed by atoms with Gasteiger partial charge >= 0.3 is 5.76 Å². The number of hydrogen-bond acceptors (Lipinski definition) is 7. The van der Waals surface area contributed by atoms with Gasteiger partial charge in [0.05, 0.1) is 12.1 Å². The van der Waals surface area contributed by atoms with Crippen LogP contribution in [-0.2, 0) is 24.5 Å². The quantitative estimate of drug-likeness (QED) is 0.297. The standard InChI is InChI=1S/C30H27FN4O5/c1-4-38-24-7-5-6-23-28(24)32-26(16-37-3)35(23)14-18-8-10-21-19(12-18)15-39-25-13-20(31)9-11-22(25)27(21)17(2)29-33-30(36)40-34-29/h5-13H,4,14-16H2,1-3H3,(H,33,34,36)/b27-17+. The fourth-order valence-corrected chi connectivity index (χ4v) is 5.19. The minimum Gasteiger partial charge on any atom is -0.492 e. The van der Waals surface area contributed by atoms with E-state index in [0.29, 0.717) is 42.5 Å². The maximum absolute atomic E-state index is 14.2. The molecule has 0 aliphatic carbocycles. The van der Waals surface area contributed by atoms with E-state index in [-0.39, 0.29) is 6.61 Å². The van der Waals surface area contributed by atoms with E-state index in [9.17, 15) is 9.18 Å². The van der Waals surface area contributed by atoms with Crippen molar-refractivity contribution in [2.75, 3.05) is 13.7 Å². The van der Waals surface area contributed by atoms with Crippen molar-refractivity contribution in [3.05, 3.63) is 105 Å². The molecule has 0 spiro atoms. The minimum atomic E-state index is -0.651. The summed E-state index contributed by atoms with van der Waals surface area (Å²) in [6.07, 6.45) is 0. The Bertz CT molecular complexity index is 1820. The van der Waals surface area contributed by atoms with Gasteiger partial charge in [0.1, 0.15) is 41.9 Å². The molecule has 40 heavy (non-hydrogen) atoms. The summed E-state index contributed by atoms with van der Waals surface area (Å²) in [4.78, 5) is 19.1. The lowest BCUT2D eigenvalue weighted by atomic mass is 9.89. The smallest absolute Gasteiger partial charge is 0.439 e. The van der Waals surface area contributed by atoms with Crippen molar-refractivity contribution in [3.63, 3.8) is 0 Å². The van der Waals surface area contributed by atoms with Gasteiger partial charge in [-0.05, 0) is 66.4 Å². The third-order valence-electron chi connectivity index (χ3n) is 6.94. The monoisotopic (exact) mass is 542 g/mol. The van der Waals surface area contributed by atoms with E-state index in [1.54, 1.807) is 13.2 Å². The van der Waals surface area contributed by atoms with Crippen molar-refractivity contribution in [2.24, 2.45) is 0 Å². The van der Waals surface area contributed by atoms with Crippen molar-refractivity contribution >= 4 is 22.2 Å². The first-order valence-corrected chi connectivity index (χ1v) is 12.9. The van der Waals surface area contributed by atoms with E-state index >= 15 is 0 Å². The number of aromatic nitrogens is 4. The van der Waals surface area contributed by atoms with Crippen LogP contribution >= 0.6 is 0 Å². The lowest BCUT2D eigenvalue weighted by Crippen LogP contribution is -2.07. The molecule has 0 unspecified atom stereocenters. The molecule has 10 heteroatoms. The zero-order chi connectivity index (χ0) is 27.8. The molecule has 1 N–H and O–H groups in total. The number of aromatic amines is 1. The van der Waals surface area contributed by atoms with Crippen LogP contribution in [0.15, 0.2) is 63.9 Å². The number of allylic oxidation sites excluding steroid dienone is 1. The number of ether oxygens (including phenoxy) is 3. The molecule has 0 atom stereocenters. The van der Waals surface area contributed by atoms with Gasteiger partial charge in [-0.3, -0.25) is 9.51 Å². The lowest BCUT2D eigenvalue weighted by Gasteiger charge is -2.15. The number of fused-ring (bicyclic) bond motifs is 3. The van der Waals surface area contributed by atoms with Gasteiger partial charge in [-0.15, -0.1) is 0 Å². The van der Waals surface area contributed by atoms with E-state index < -0.39 is 11.6 Å². The third kappa shape index (κ3) is 4.56. The normalized spacial score (nSPS) is 13.9. The van der Waals surface area contributed by atoms with Crippen molar-refractivity contribution in [3.8, 4) is 11.5 Å². The highest BCUT2D eigenvalue weighted by Gasteiger charge is 2.24. The fraction of sp³-hybridized carbons (Fsp3) is 0.233. The number of rotatable bonds is 7. The van der Waals surface area contributed by atoms with Crippen molar-refractivity contribution in [1.29, 1.82) is 0 Å². The van der Waals surface area contributed by atoms with Crippen LogP contribution in [0.2, 0.25) is 0 Å². The lowest BCUT2D eigenvalue weighted by molar-refractivity contribution is 0.175. The first kappa shape index (κ1) is 25.6. The highest BCUT2D eigenvalue weighted by Crippen LogP contribution is 2.41. The molecule has 0 amide bonds. The topological polar surface area (TPSA) is 104 Å². The SMILES string of the molecule is CCOc1cccc2c1nc(COC)n2Cc1ccc2c(c1)COc1cc(F)ccc1/C2=C(\C)c1noc(=O)[nH]1. The Kier molecular flexibility index (Phi) is 6.69. The van der Waals surface area contributed by atoms with Gasteiger partial charge in [0, 0.05) is 30.9 Å². The zero-order valence-electron chi connectivity index (χ0n) is 22.3. The van der Waals surface area contributed by atoms with Gasteiger partial charge in [-0.1, -0.05) is 23.4 Å². The van der Waals surface area contributed by atoms with E-state index in [0.717, 1.165) is 44.9 Å². The van der Waals surface area contributed by atoms with Crippen LogP contribution in [0.25, 0.3) is 22.2 Å². The number of methoxy groups -OCH3 is 1. The Morgan fingerprint density at radius 3 is 2.77 bits per heavy atom. The Morgan fingerprint density at radius 1 is 1.15 bits per heavy atom. The van der Waals surface area contributed by atoms with E-state index in [1.807, 2.05) is 44.2 Å². The zero-order valence-corrected chi connectivity index (χ0v) is 22.3. The van der Waals surface area contributed by atoms with E-state index in [2.05, 4.69) is 20.8 Å². The molecule has 0 saturated carbocycles. The van der Waals surface area contributed by atoms with Gasteiger partial charge in [-0.25, -0.2) is 14.2 Å². The van der Waals surface area contributed by atoms with Crippen LogP contribution in [0.5, 0.6) is 11.5 Å². The number of H-pyrrole nitrogens is 1. The Morgan fingerprint density at radius 2 is 2.00 bits per heavy atom. The van der Waals surface area contributed by atoms with E-state index in [4.69, 9.17) is 23.7 Å². The van der Waals surface area contributed by atoms with E-state index in [1.165, 1.54) is 12.1 Å². The molecular formula is C30H27FN4O5. The molecular weight excluding hydrogens is 515 g/mol. The van der Waals surface area contributed by atoms with Crippen LogP contribution in [0.1, 0.15) is 47.8 Å². The van der Waals surface area contributed by atoms with Crippen molar-refractivity contribution < 1.29 is 23.1 Å². The summed E-state index contributed by atoms with van der Waals surface area (Å²) in [6.45, 7) is 5.44. The number of benzene rings is 3. The predicted octanol–water partition coefficient (Wildman–Crippen LogP) is 5.32. The molecule has 0 bridgehead atoms. The fourth-order valence-electron chi connectivity index (χ4n) is 5.19. The highest BCUT2D eigenvalue weighted by atomic mass is 19.1. The average molecular weight is 543 g/mol. The molecule has 5 aromatic rings. The Balaban J connectivity index is 1.47. The molecule has 3 heterocycles. The van der Waals surface area contributed by atoms with Crippen molar-refractivity contribution in [1.82, 2.24) is 19.7 Å². The molecule has 2 aromatic heterocycles. The van der Waals surface area contributed by atoms with Gasteiger partial charge < -0.3 is 18.8 Å². The number of imidazole rings is 1. The van der Waals surface area contributed by atoms with Gasteiger partial charge in [-0.2, -0.15) is 0 Å². The summed E-state index contributed by atoms with van der Waals surface area (Å²) in [5.41, 5.74) is 6.68. The molecule has 0 saturated heterocycles. The maximum atomic E-state index is 14.2. The molecule has 204 valence electrons. The van der Waals surface area contributed by atoms with Gasteiger partial charge in [0.2, 0.25) is 0 Å². The summed E-state index contributed by atoms with van der Waals surface area (Å²) >= 11 is 0. The van der Waals surface area contributed by atoms with Crippen LogP contribution in [-0.4, -0.2) is 33.4 Å². The second-order valence-electron chi connectivity index (χ2n) is 9.47. The summed E-state index contributed by atoms with van der Waals surface area (Å²) in [5, 5.41) is 3.88. The molecule has 3 aromatic carbocycles. The third-order valence-corrected chi connectivity index (χ3v) is 6.94. The van der Waals surface area contributed by atoms with Crippen LogP contribution in [0, 0.1) is 5.82 Å². The minimum absolute atomic E-state index is 0.232. The molecule has 1 aliphatic rings. The first-order chi connectivity index (χ1) is 19.5. The molecule has 0 fully saturated rings. The summed E-state index contributed by atoms with van der Waals surface area (Å²) in [5.74, 6) is 1.16. The number of hydrogen-bond donors (Lipinski definition) is 1. The van der Waals surface area contributed by atoms with Gasteiger partial charge in [0.15, 0.2) is 5.82 Å². The number of halogens is 1. The second-order valence-corrected chi connectivity index (χ2v) is 9.47. The number of nitrogens with one attached hydrogen (secondary N) is 1.